The van der Waals surface area contributed by atoms with Gasteiger partial charge >= 0.3 is 5.82 Å². The standard InChI is InChI=1S/C18H15N5O4/c1-10-7-8-15(18(20-10)23(25)26)27-11(2)16(24)12(9-19)17-21-13-5-3-4-6-14(13)22-17/h3-8,11,24H,1-2H3,(H,21,22)/b16-12-/t11-/m0/s1. The Balaban J connectivity index is 1.96. The number of aromatic amines is 1. The molecular formula is C18H15N5O4. The molecule has 9 nitrogen and oxygen atoms in total. The van der Waals surface area contributed by atoms with Crippen LogP contribution in [-0.4, -0.2) is 31.1 Å². The van der Waals surface area contributed by atoms with E-state index in [2.05, 4.69) is 15.0 Å². The van der Waals surface area contributed by atoms with Crippen molar-refractivity contribution in [1.82, 2.24) is 15.0 Å². The molecule has 0 saturated carbocycles. The second kappa shape index (κ2) is 7.13. The molecule has 2 heterocycles. The molecule has 2 aromatic heterocycles. The molecule has 9 heteroatoms. The highest BCUT2D eigenvalue weighted by Gasteiger charge is 2.24. The molecule has 1 atom stereocenters. The lowest BCUT2D eigenvalue weighted by Gasteiger charge is -2.14. The van der Waals surface area contributed by atoms with Crippen molar-refractivity contribution in [2.75, 3.05) is 0 Å². The number of H-pyrrole nitrogens is 1. The van der Waals surface area contributed by atoms with Crippen molar-refractivity contribution in [2.45, 2.75) is 20.0 Å². The van der Waals surface area contributed by atoms with E-state index in [0.717, 1.165) is 0 Å². The average molecular weight is 365 g/mol. The first-order chi connectivity index (χ1) is 12.9. The molecule has 0 fully saturated rings. The number of aliphatic hydroxyl groups excluding tert-OH is 1. The minimum absolute atomic E-state index is 0.105. The van der Waals surface area contributed by atoms with Gasteiger partial charge in [-0.25, -0.2) is 4.98 Å². The van der Waals surface area contributed by atoms with Gasteiger partial charge in [-0.2, -0.15) is 5.26 Å². The minimum atomic E-state index is -1.03. The summed E-state index contributed by atoms with van der Waals surface area (Å²) >= 11 is 0. The van der Waals surface area contributed by atoms with Gasteiger partial charge in [0.05, 0.1) is 11.0 Å². The molecule has 136 valence electrons. The van der Waals surface area contributed by atoms with Crippen molar-refractivity contribution < 1.29 is 14.8 Å². The van der Waals surface area contributed by atoms with Gasteiger partial charge < -0.3 is 24.9 Å². The second-order valence-electron chi connectivity index (χ2n) is 5.77. The molecule has 0 bridgehead atoms. The molecular weight excluding hydrogens is 350 g/mol. The maximum Gasteiger partial charge on any atom is 0.406 e. The Bertz CT molecular complexity index is 1060. The van der Waals surface area contributed by atoms with Crippen LogP contribution < -0.4 is 4.74 Å². The van der Waals surface area contributed by atoms with Crippen molar-refractivity contribution in [3.8, 4) is 11.8 Å². The highest BCUT2D eigenvalue weighted by molar-refractivity contribution is 5.82. The monoisotopic (exact) mass is 365 g/mol. The number of pyridine rings is 1. The Morgan fingerprint density at radius 2 is 2.07 bits per heavy atom. The van der Waals surface area contributed by atoms with Crippen LogP contribution in [0, 0.1) is 28.4 Å². The molecule has 3 rings (SSSR count). The number of fused-ring (bicyclic) bond motifs is 1. The molecule has 1 aromatic carbocycles. The molecule has 0 aliphatic carbocycles. The Kier molecular flexibility index (Phi) is 4.72. The summed E-state index contributed by atoms with van der Waals surface area (Å²) in [6.45, 7) is 3.09. The van der Waals surface area contributed by atoms with Gasteiger partial charge in [-0.05, 0) is 41.1 Å². The van der Waals surface area contributed by atoms with Crippen molar-refractivity contribution in [3.63, 3.8) is 0 Å². The molecule has 0 amide bonds. The number of nitrogens with one attached hydrogen (secondary N) is 1. The number of hydrogen-bond donors (Lipinski definition) is 2. The Morgan fingerprint density at radius 1 is 1.33 bits per heavy atom. The van der Waals surface area contributed by atoms with Gasteiger partial charge in [-0.15, -0.1) is 0 Å². The van der Waals surface area contributed by atoms with E-state index in [4.69, 9.17) is 4.74 Å². The van der Waals surface area contributed by atoms with Gasteiger partial charge in [0.25, 0.3) is 0 Å². The third kappa shape index (κ3) is 3.55. The van der Waals surface area contributed by atoms with Crippen molar-refractivity contribution in [3.05, 3.63) is 63.8 Å². The van der Waals surface area contributed by atoms with Crippen LogP contribution in [0.1, 0.15) is 18.4 Å². The fourth-order valence-corrected chi connectivity index (χ4v) is 2.51. The second-order valence-corrected chi connectivity index (χ2v) is 5.77. The summed E-state index contributed by atoms with van der Waals surface area (Å²) in [6, 6.07) is 12.0. The highest BCUT2D eigenvalue weighted by atomic mass is 16.6. The van der Waals surface area contributed by atoms with Crippen LogP contribution in [-0.2, 0) is 0 Å². The normalized spacial score (nSPS) is 12.9. The first kappa shape index (κ1) is 17.9. The number of nitro groups is 1. The predicted molar refractivity (Wildman–Crippen MR) is 97.0 cm³/mol. The molecule has 2 N–H and O–H groups in total. The Labute approximate surface area is 153 Å². The molecule has 27 heavy (non-hydrogen) atoms. The lowest BCUT2D eigenvalue weighted by Crippen LogP contribution is -2.17. The number of nitrogens with zero attached hydrogens (tertiary/aromatic N) is 4. The van der Waals surface area contributed by atoms with E-state index in [0.29, 0.717) is 16.7 Å². The number of aromatic nitrogens is 3. The van der Waals surface area contributed by atoms with E-state index >= 15 is 0 Å². The van der Waals surface area contributed by atoms with E-state index in [-0.39, 0.29) is 17.1 Å². The number of allylic oxidation sites excluding steroid dienone is 1. The number of rotatable bonds is 5. The zero-order valence-electron chi connectivity index (χ0n) is 14.5. The van der Waals surface area contributed by atoms with Crippen LogP contribution in [0.5, 0.6) is 5.75 Å². The largest absolute Gasteiger partial charge is 0.507 e. The maximum atomic E-state index is 11.2. The van der Waals surface area contributed by atoms with E-state index in [9.17, 15) is 20.5 Å². The topological polar surface area (TPSA) is 138 Å². The molecule has 0 spiro atoms. The fourth-order valence-electron chi connectivity index (χ4n) is 2.51. The number of para-hydroxylation sites is 2. The first-order valence-corrected chi connectivity index (χ1v) is 7.97. The quantitative estimate of drug-likeness (QED) is 0.306. The van der Waals surface area contributed by atoms with Gasteiger partial charge in [-0.1, -0.05) is 12.1 Å². The van der Waals surface area contributed by atoms with Gasteiger partial charge in [0.1, 0.15) is 17.3 Å². The Morgan fingerprint density at radius 3 is 2.74 bits per heavy atom. The summed E-state index contributed by atoms with van der Waals surface area (Å²) in [7, 11) is 0. The summed E-state index contributed by atoms with van der Waals surface area (Å²) in [5.74, 6) is -0.780. The predicted octanol–water partition coefficient (Wildman–Crippen LogP) is 3.43. The number of benzene rings is 1. The van der Waals surface area contributed by atoms with Gasteiger partial charge in [-0.3, -0.25) is 0 Å². The van der Waals surface area contributed by atoms with E-state index in [1.807, 2.05) is 12.1 Å². The zero-order valence-corrected chi connectivity index (χ0v) is 14.5. The maximum absolute atomic E-state index is 11.2. The van der Waals surface area contributed by atoms with Gasteiger partial charge in [0, 0.05) is 6.92 Å². The van der Waals surface area contributed by atoms with Crippen LogP contribution >= 0.6 is 0 Å². The fraction of sp³-hybridized carbons (Fsp3) is 0.167. The summed E-state index contributed by atoms with van der Waals surface area (Å²) < 4.78 is 5.50. The summed E-state index contributed by atoms with van der Waals surface area (Å²) in [5, 5.41) is 31.1. The van der Waals surface area contributed by atoms with E-state index in [1.165, 1.54) is 13.0 Å². The lowest BCUT2D eigenvalue weighted by atomic mass is 10.1. The van der Waals surface area contributed by atoms with Crippen LogP contribution in [0.2, 0.25) is 0 Å². The number of nitriles is 1. The average Bonchev–Trinajstić information content (AvgIpc) is 3.07. The molecule has 0 aliphatic heterocycles. The van der Waals surface area contributed by atoms with Crippen LogP contribution in [0.25, 0.3) is 16.6 Å². The summed E-state index contributed by atoms with van der Waals surface area (Å²) in [6.07, 6.45) is -1.03. The van der Waals surface area contributed by atoms with Crippen molar-refractivity contribution in [2.24, 2.45) is 0 Å². The first-order valence-electron chi connectivity index (χ1n) is 7.97. The van der Waals surface area contributed by atoms with Crippen molar-refractivity contribution >= 4 is 22.4 Å². The highest BCUT2D eigenvalue weighted by Crippen LogP contribution is 2.28. The van der Waals surface area contributed by atoms with Crippen molar-refractivity contribution in [1.29, 1.82) is 5.26 Å². The van der Waals surface area contributed by atoms with Crippen LogP contribution in [0.3, 0.4) is 0 Å². The SMILES string of the molecule is Cc1ccc(O[C@@H](C)/C(O)=C(\C#N)c2nc3ccccc3[nH]2)c([N+](=O)[O-])n1. The minimum Gasteiger partial charge on any atom is -0.507 e. The van der Waals surface area contributed by atoms with Gasteiger partial charge in [0.2, 0.25) is 5.75 Å². The molecule has 3 aromatic rings. The molecule has 0 aliphatic rings. The van der Waals surface area contributed by atoms with E-state index < -0.39 is 22.6 Å². The zero-order chi connectivity index (χ0) is 19.6. The van der Waals surface area contributed by atoms with Crippen LogP contribution in [0.15, 0.2) is 42.2 Å². The lowest BCUT2D eigenvalue weighted by molar-refractivity contribution is -0.390. The number of aryl methyl sites for hydroxylation is 1. The molecule has 0 unspecified atom stereocenters. The number of aliphatic hydroxyl groups is 1. The Hall–Kier alpha value is -3.93. The number of hydrogen-bond acceptors (Lipinski definition) is 7. The van der Waals surface area contributed by atoms with Crippen LogP contribution in [0.4, 0.5) is 5.82 Å². The third-order valence-corrected chi connectivity index (χ3v) is 3.83. The third-order valence-electron chi connectivity index (χ3n) is 3.83. The summed E-state index contributed by atoms with van der Waals surface area (Å²) in [4.78, 5) is 21.6. The molecule has 0 saturated heterocycles. The van der Waals surface area contributed by atoms with Gasteiger partial charge in [0.15, 0.2) is 17.7 Å². The number of imidazole rings is 1. The van der Waals surface area contributed by atoms with E-state index in [1.54, 1.807) is 31.2 Å². The number of ether oxygens (including phenoxy) is 1. The summed E-state index contributed by atoms with van der Waals surface area (Å²) in [5.41, 5.74) is 1.70. The molecule has 0 radical (unpaired) electrons. The smallest absolute Gasteiger partial charge is 0.406 e.